The summed E-state index contributed by atoms with van der Waals surface area (Å²) in [6, 6.07) is 1.88. The number of carbonyl (C=O) groups excluding carboxylic acids is 1. The standard InChI is InChI=1S/C11H15NO.H2O/c1-7(2)11(13)10-8(3)5-6-12-9(10)4;/h5-7H,1-4H3;1H2. The summed E-state index contributed by atoms with van der Waals surface area (Å²) in [5, 5.41) is 0. The molecular formula is C11H17NO2. The molecule has 3 heteroatoms. The van der Waals surface area contributed by atoms with Gasteiger partial charge in [0, 0.05) is 23.4 Å². The first-order chi connectivity index (χ1) is 6.04. The molecule has 1 aromatic heterocycles. The minimum Gasteiger partial charge on any atom is -0.412 e. The van der Waals surface area contributed by atoms with Crippen molar-refractivity contribution in [2.75, 3.05) is 0 Å². The van der Waals surface area contributed by atoms with Gasteiger partial charge in [-0.3, -0.25) is 9.78 Å². The van der Waals surface area contributed by atoms with Gasteiger partial charge in [-0.05, 0) is 25.5 Å². The van der Waals surface area contributed by atoms with Crippen LogP contribution in [0.15, 0.2) is 12.3 Å². The van der Waals surface area contributed by atoms with E-state index >= 15 is 0 Å². The van der Waals surface area contributed by atoms with Crippen LogP contribution in [0.25, 0.3) is 0 Å². The normalized spacial score (nSPS) is 9.79. The third kappa shape index (κ3) is 2.39. The molecule has 0 saturated carbocycles. The van der Waals surface area contributed by atoms with Crippen molar-refractivity contribution in [3.8, 4) is 0 Å². The molecule has 0 aromatic carbocycles. The van der Waals surface area contributed by atoms with Gasteiger partial charge in [0.15, 0.2) is 5.78 Å². The Morgan fingerprint density at radius 3 is 2.36 bits per heavy atom. The van der Waals surface area contributed by atoms with Gasteiger partial charge in [-0.1, -0.05) is 13.8 Å². The zero-order valence-electron chi connectivity index (χ0n) is 9.09. The number of rotatable bonds is 2. The number of aryl methyl sites for hydroxylation is 2. The van der Waals surface area contributed by atoms with E-state index in [1.54, 1.807) is 6.20 Å². The summed E-state index contributed by atoms with van der Waals surface area (Å²) in [7, 11) is 0. The number of hydrogen-bond acceptors (Lipinski definition) is 2. The van der Waals surface area contributed by atoms with Gasteiger partial charge < -0.3 is 5.48 Å². The zero-order chi connectivity index (χ0) is 10.0. The van der Waals surface area contributed by atoms with Gasteiger partial charge in [-0.2, -0.15) is 0 Å². The molecule has 0 atom stereocenters. The number of ketones is 1. The van der Waals surface area contributed by atoms with Crippen molar-refractivity contribution in [3.63, 3.8) is 0 Å². The van der Waals surface area contributed by atoms with Crippen molar-refractivity contribution in [1.29, 1.82) is 0 Å². The topological polar surface area (TPSA) is 61.5 Å². The van der Waals surface area contributed by atoms with Gasteiger partial charge in [-0.25, -0.2) is 0 Å². The Morgan fingerprint density at radius 1 is 1.36 bits per heavy atom. The maximum absolute atomic E-state index is 11.7. The van der Waals surface area contributed by atoms with Gasteiger partial charge in [0.05, 0.1) is 0 Å². The Labute approximate surface area is 84.5 Å². The van der Waals surface area contributed by atoms with Crippen LogP contribution in [0.4, 0.5) is 0 Å². The van der Waals surface area contributed by atoms with Crippen LogP contribution in [-0.2, 0) is 0 Å². The van der Waals surface area contributed by atoms with Crippen molar-refractivity contribution >= 4 is 5.78 Å². The van der Waals surface area contributed by atoms with E-state index in [1.807, 2.05) is 33.8 Å². The Morgan fingerprint density at radius 2 is 1.93 bits per heavy atom. The second-order valence-electron chi connectivity index (χ2n) is 3.61. The number of nitrogens with zero attached hydrogens (tertiary/aromatic N) is 1. The average molecular weight is 195 g/mol. The first-order valence-corrected chi connectivity index (χ1v) is 4.50. The second kappa shape index (κ2) is 4.86. The minimum absolute atomic E-state index is 0. The van der Waals surface area contributed by atoms with Crippen molar-refractivity contribution in [2.24, 2.45) is 5.92 Å². The van der Waals surface area contributed by atoms with Gasteiger partial charge >= 0.3 is 0 Å². The van der Waals surface area contributed by atoms with Crippen molar-refractivity contribution in [3.05, 3.63) is 29.1 Å². The van der Waals surface area contributed by atoms with Crippen LogP contribution in [0.3, 0.4) is 0 Å². The van der Waals surface area contributed by atoms with Crippen LogP contribution in [0.1, 0.15) is 35.5 Å². The van der Waals surface area contributed by atoms with Crippen LogP contribution < -0.4 is 0 Å². The molecule has 0 saturated heterocycles. The molecule has 14 heavy (non-hydrogen) atoms. The lowest BCUT2D eigenvalue weighted by Gasteiger charge is -2.09. The quantitative estimate of drug-likeness (QED) is 0.674. The maximum Gasteiger partial charge on any atom is 0.167 e. The summed E-state index contributed by atoms with van der Waals surface area (Å²) in [6.07, 6.45) is 1.74. The fourth-order valence-electron chi connectivity index (χ4n) is 1.36. The Balaban J connectivity index is 0.00000169. The van der Waals surface area contributed by atoms with Crippen LogP contribution in [0.5, 0.6) is 0 Å². The fourth-order valence-corrected chi connectivity index (χ4v) is 1.36. The molecule has 0 radical (unpaired) electrons. The Kier molecular flexibility index (Phi) is 4.44. The van der Waals surface area contributed by atoms with Crippen LogP contribution in [0.2, 0.25) is 0 Å². The average Bonchev–Trinajstić information content (AvgIpc) is 2.03. The third-order valence-electron chi connectivity index (χ3n) is 2.12. The highest BCUT2D eigenvalue weighted by Crippen LogP contribution is 2.15. The first-order valence-electron chi connectivity index (χ1n) is 4.50. The second-order valence-corrected chi connectivity index (χ2v) is 3.61. The molecule has 0 fully saturated rings. The van der Waals surface area contributed by atoms with Crippen LogP contribution in [-0.4, -0.2) is 16.2 Å². The van der Waals surface area contributed by atoms with Crippen LogP contribution >= 0.6 is 0 Å². The molecule has 0 amide bonds. The third-order valence-corrected chi connectivity index (χ3v) is 2.12. The smallest absolute Gasteiger partial charge is 0.167 e. The van der Waals surface area contributed by atoms with E-state index in [9.17, 15) is 4.79 Å². The maximum atomic E-state index is 11.7. The molecule has 1 rings (SSSR count). The van der Waals surface area contributed by atoms with E-state index in [4.69, 9.17) is 0 Å². The van der Waals surface area contributed by atoms with Crippen molar-refractivity contribution in [1.82, 2.24) is 4.98 Å². The number of Topliss-reactive ketones (excluding diaryl/α,β-unsaturated/α-hetero) is 1. The van der Waals surface area contributed by atoms with Gasteiger partial charge in [0.2, 0.25) is 0 Å². The molecule has 0 aliphatic heterocycles. The van der Waals surface area contributed by atoms with E-state index in [2.05, 4.69) is 4.98 Å². The van der Waals surface area contributed by atoms with Gasteiger partial charge in [0.1, 0.15) is 0 Å². The molecule has 0 aliphatic rings. The SMILES string of the molecule is Cc1ccnc(C)c1C(=O)C(C)C.O. The molecule has 0 bridgehead atoms. The molecule has 3 nitrogen and oxygen atoms in total. The molecule has 0 unspecified atom stereocenters. The summed E-state index contributed by atoms with van der Waals surface area (Å²) >= 11 is 0. The van der Waals surface area contributed by atoms with E-state index in [-0.39, 0.29) is 17.2 Å². The Bertz CT molecular complexity index is 312. The van der Waals surface area contributed by atoms with Gasteiger partial charge in [0.25, 0.3) is 0 Å². The summed E-state index contributed by atoms with van der Waals surface area (Å²) in [5.41, 5.74) is 2.64. The number of hydrogen-bond donors (Lipinski definition) is 0. The highest BCUT2D eigenvalue weighted by Gasteiger charge is 2.15. The Hall–Kier alpha value is -1.22. The number of aromatic nitrogens is 1. The molecule has 0 spiro atoms. The minimum atomic E-state index is 0. The summed E-state index contributed by atoms with van der Waals surface area (Å²) < 4.78 is 0. The monoisotopic (exact) mass is 195 g/mol. The van der Waals surface area contributed by atoms with Crippen molar-refractivity contribution < 1.29 is 10.3 Å². The molecule has 78 valence electrons. The van der Waals surface area contributed by atoms with Gasteiger partial charge in [-0.15, -0.1) is 0 Å². The molecular weight excluding hydrogens is 178 g/mol. The van der Waals surface area contributed by atoms with E-state index in [0.29, 0.717) is 0 Å². The highest BCUT2D eigenvalue weighted by atomic mass is 16.1. The summed E-state index contributed by atoms with van der Waals surface area (Å²) in [6.45, 7) is 7.65. The summed E-state index contributed by atoms with van der Waals surface area (Å²) in [5.74, 6) is 0.227. The summed E-state index contributed by atoms with van der Waals surface area (Å²) in [4.78, 5) is 15.9. The lowest BCUT2D eigenvalue weighted by Crippen LogP contribution is -2.12. The predicted octanol–water partition coefficient (Wildman–Crippen LogP) is 1.71. The highest BCUT2D eigenvalue weighted by molar-refractivity contribution is 5.99. The largest absolute Gasteiger partial charge is 0.412 e. The van der Waals surface area contributed by atoms with Crippen molar-refractivity contribution in [2.45, 2.75) is 27.7 Å². The van der Waals surface area contributed by atoms with Crippen LogP contribution in [0, 0.1) is 19.8 Å². The van der Waals surface area contributed by atoms with E-state index in [0.717, 1.165) is 16.8 Å². The number of pyridine rings is 1. The molecule has 1 aromatic rings. The lowest BCUT2D eigenvalue weighted by atomic mass is 9.96. The first kappa shape index (κ1) is 12.8. The number of carbonyl (C=O) groups is 1. The molecule has 2 N–H and O–H groups in total. The lowest BCUT2D eigenvalue weighted by molar-refractivity contribution is 0.0937. The molecule has 1 heterocycles. The zero-order valence-corrected chi connectivity index (χ0v) is 9.09. The molecule has 0 aliphatic carbocycles. The van der Waals surface area contributed by atoms with E-state index < -0.39 is 0 Å². The van der Waals surface area contributed by atoms with E-state index in [1.165, 1.54) is 0 Å². The predicted molar refractivity (Wildman–Crippen MR) is 56.5 cm³/mol. The fraction of sp³-hybridized carbons (Fsp3) is 0.455.